The molecule has 1 N–H and O–H groups in total. The zero-order chi connectivity index (χ0) is 23.2. The van der Waals surface area contributed by atoms with Crippen molar-refractivity contribution >= 4 is 22.9 Å². The van der Waals surface area contributed by atoms with Crippen LogP contribution in [0.1, 0.15) is 11.3 Å². The Kier molecular flexibility index (Phi) is 7.59. The summed E-state index contributed by atoms with van der Waals surface area (Å²) in [6.45, 7) is 5.35. The largest absolute Gasteiger partial charge is 0.497 e. The summed E-state index contributed by atoms with van der Waals surface area (Å²) in [7, 11) is 5.33. The van der Waals surface area contributed by atoms with Crippen LogP contribution in [0.5, 0.6) is 11.5 Å². The maximum absolute atomic E-state index is 12.6. The van der Waals surface area contributed by atoms with Crippen LogP contribution in [0.3, 0.4) is 0 Å². The molecular formula is C25H30N4O3S. The smallest absolute Gasteiger partial charge is 0.230 e. The summed E-state index contributed by atoms with van der Waals surface area (Å²) in [5.74, 6) is 1.08. The minimum atomic E-state index is -0.151. The molecule has 1 aliphatic rings. The van der Waals surface area contributed by atoms with Crippen LogP contribution in [0.25, 0.3) is 10.6 Å². The third kappa shape index (κ3) is 6.10. The SMILES string of the molecule is COc1ccc(OC)c(NC(=O)Cc2csc(-c3cccc(CN4CCN(C)CC4)c3)n2)c1. The topological polar surface area (TPSA) is 66.9 Å². The molecule has 0 saturated carbocycles. The van der Waals surface area contributed by atoms with E-state index in [0.29, 0.717) is 17.2 Å². The average Bonchev–Trinajstić information content (AvgIpc) is 3.29. The Bertz CT molecular complexity index is 1090. The molecule has 0 atom stereocenters. The molecule has 1 aliphatic heterocycles. The lowest BCUT2D eigenvalue weighted by atomic mass is 10.1. The van der Waals surface area contributed by atoms with Crippen LogP contribution in [0.2, 0.25) is 0 Å². The van der Waals surface area contributed by atoms with Gasteiger partial charge in [0.25, 0.3) is 0 Å². The van der Waals surface area contributed by atoms with E-state index in [1.807, 2.05) is 5.38 Å². The van der Waals surface area contributed by atoms with E-state index in [9.17, 15) is 4.79 Å². The highest BCUT2D eigenvalue weighted by atomic mass is 32.1. The number of likely N-dealkylation sites (N-methyl/N-ethyl adjacent to an activating group) is 1. The molecule has 0 aliphatic carbocycles. The number of piperazine rings is 1. The maximum atomic E-state index is 12.6. The number of carbonyl (C=O) groups excluding carboxylic acids is 1. The fourth-order valence-corrected chi connectivity index (χ4v) is 4.68. The molecule has 1 fully saturated rings. The van der Waals surface area contributed by atoms with Crippen molar-refractivity contribution in [1.82, 2.24) is 14.8 Å². The van der Waals surface area contributed by atoms with Crippen molar-refractivity contribution in [1.29, 1.82) is 0 Å². The number of hydrogen-bond acceptors (Lipinski definition) is 7. The van der Waals surface area contributed by atoms with Gasteiger partial charge in [-0.05, 0) is 30.8 Å². The van der Waals surface area contributed by atoms with Crippen molar-refractivity contribution in [2.24, 2.45) is 0 Å². The minimum Gasteiger partial charge on any atom is -0.497 e. The molecule has 0 unspecified atom stereocenters. The van der Waals surface area contributed by atoms with E-state index in [1.54, 1.807) is 43.8 Å². The van der Waals surface area contributed by atoms with Crippen molar-refractivity contribution < 1.29 is 14.3 Å². The predicted octanol–water partition coefficient (Wildman–Crippen LogP) is 3.76. The lowest BCUT2D eigenvalue weighted by Gasteiger charge is -2.32. The van der Waals surface area contributed by atoms with Crippen molar-refractivity contribution in [3.05, 3.63) is 59.1 Å². The Balaban J connectivity index is 1.39. The molecule has 33 heavy (non-hydrogen) atoms. The second-order valence-electron chi connectivity index (χ2n) is 8.21. The standard InChI is InChI=1S/C25H30N4O3S/c1-28-9-11-29(12-10-28)16-18-5-4-6-19(13-18)25-26-20(17-33-25)14-24(30)27-22-15-21(31-2)7-8-23(22)32-3/h4-8,13,15,17H,9-12,14,16H2,1-3H3,(H,27,30). The first kappa shape index (κ1) is 23.2. The first-order chi connectivity index (χ1) is 16.0. The van der Waals surface area contributed by atoms with Gasteiger partial charge in [-0.15, -0.1) is 11.3 Å². The van der Waals surface area contributed by atoms with E-state index < -0.39 is 0 Å². The molecule has 1 saturated heterocycles. The number of benzene rings is 2. The summed E-state index contributed by atoms with van der Waals surface area (Å²) < 4.78 is 10.6. The molecular weight excluding hydrogens is 436 g/mol. The Morgan fingerprint density at radius 3 is 2.67 bits per heavy atom. The highest BCUT2D eigenvalue weighted by Gasteiger charge is 2.15. The lowest BCUT2D eigenvalue weighted by molar-refractivity contribution is -0.115. The van der Waals surface area contributed by atoms with Gasteiger partial charge in [0.15, 0.2) is 0 Å². The first-order valence-electron chi connectivity index (χ1n) is 11.0. The fourth-order valence-electron chi connectivity index (χ4n) is 3.86. The molecule has 2 heterocycles. The first-order valence-corrected chi connectivity index (χ1v) is 11.9. The van der Waals surface area contributed by atoms with Crippen LogP contribution < -0.4 is 14.8 Å². The number of rotatable bonds is 8. The van der Waals surface area contributed by atoms with E-state index in [1.165, 1.54) is 5.56 Å². The number of anilines is 1. The molecule has 174 valence electrons. The number of carbonyl (C=O) groups is 1. The van der Waals surface area contributed by atoms with Crippen LogP contribution in [-0.4, -0.2) is 68.1 Å². The summed E-state index contributed by atoms with van der Waals surface area (Å²) in [4.78, 5) is 22.2. The molecule has 2 aromatic carbocycles. The van der Waals surface area contributed by atoms with Gasteiger partial charge in [0.1, 0.15) is 16.5 Å². The van der Waals surface area contributed by atoms with E-state index in [2.05, 4.69) is 46.4 Å². The Morgan fingerprint density at radius 1 is 1.09 bits per heavy atom. The van der Waals surface area contributed by atoms with Gasteiger partial charge >= 0.3 is 0 Å². The monoisotopic (exact) mass is 466 g/mol. The Labute approximate surface area is 199 Å². The zero-order valence-electron chi connectivity index (χ0n) is 19.3. The van der Waals surface area contributed by atoms with Crippen molar-refractivity contribution in [2.75, 3.05) is 52.8 Å². The number of nitrogens with one attached hydrogen (secondary N) is 1. The second kappa shape index (κ2) is 10.8. The summed E-state index contributed by atoms with van der Waals surface area (Å²) in [5.41, 5.74) is 3.71. The molecule has 1 aromatic heterocycles. The number of methoxy groups -OCH3 is 2. The average molecular weight is 467 g/mol. The molecule has 1 amide bonds. The molecule has 8 heteroatoms. The van der Waals surface area contributed by atoms with Gasteiger partial charge in [-0.25, -0.2) is 4.98 Å². The van der Waals surface area contributed by atoms with E-state index in [-0.39, 0.29) is 12.3 Å². The van der Waals surface area contributed by atoms with Gasteiger partial charge in [-0.2, -0.15) is 0 Å². The summed E-state index contributed by atoms with van der Waals surface area (Å²) >= 11 is 1.56. The molecule has 0 bridgehead atoms. The summed E-state index contributed by atoms with van der Waals surface area (Å²) in [6.07, 6.45) is 0.192. The van der Waals surface area contributed by atoms with Gasteiger partial charge in [-0.1, -0.05) is 18.2 Å². The molecule has 3 aromatic rings. The maximum Gasteiger partial charge on any atom is 0.230 e. The number of thiazole rings is 1. The van der Waals surface area contributed by atoms with E-state index in [0.717, 1.165) is 49.0 Å². The number of nitrogens with zero attached hydrogens (tertiary/aromatic N) is 3. The van der Waals surface area contributed by atoms with Gasteiger partial charge in [0.05, 0.1) is 32.0 Å². The molecule has 0 radical (unpaired) electrons. The minimum absolute atomic E-state index is 0.151. The van der Waals surface area contributed by atoms with Gasteiger partial charge in [0, 0.05) is 49.7 Å². The quantitative estimate of drug-likeness (QED) is 0.545. The Hall–Kier alpha value is -2.94. The number of amides is 1. The summed E-state index contributed by atoms with van der Waals surface area (Å²) in [6, 6.07) is 13.9. The molecule has 0 spiro atoms. The number of hydrogen-bond donors (Lipinski definition) is 1. The highest BCUT2D eigenvalue weighted by molar-refractivity contribution is 7.13. The molecule has 4 rings (SSSR count). The van der Waals surface area contributed by atoms with E-state index in [4.69, 9.17) is 14.5 Å². The van der Waals surface area contributed by atoms with Crippen LogP contribution in [0.15, 0.2) is 47.8 Å². The van der Waals surface area contributed by atoms with Crippen molar-refractivity contribution in [3.63, 3.8) is 0 Å². The Morgan fingerprint density at radius 2 is 1.91 bits per heavy atom. The van der Waals surface area contributed by atoms with Gasteiger partial charge < -0.3 is 19.7 Å². The van der Waals surface area contributed by atoms with E-state index >= 15 is 0 Å². The van der Waals surface area contributed by atoms with Crippen molar-refractivity contribution in [2.45, 2.75) is 13.0 Å². The van der Waals surface area contributed by atoms with Crippen molar-refractivity contribution in [3.8, 4) is 22.1 Å². The molecule has 7 nitrogen and oxygen atoms in total. The van der Waals surface area contributed by atoms with Gasteiger partial charge in [0.2, 0.25) is 5.91 Å². The van der Waals surface area contributed by atoms with Crippen LogP contribution in [0, 0.1) is 0 Å². The number of ether oxygens (including phenoxy) is 2. The number of aromatic nitrogens is 1. The van der Waals surface area contributed by atoms with Crippen LogP contribution in [-0.2, 0) is 17.8 Å². The normalized spacial score (nSPS) is 14.8. The third-order valence-electron chi connectivity index (χ3n) is 5.75. The van der Waals surface area contributed by atoms with Gasteiger partial charge in [-0.3, -0.25) is 9.69 Å². The second-order valence-corrected chi connectivity index (χ2v) is 9.07. The zero-order valence-corrected chi connectivity index (χ0v) is 20.2. The summed E-state index contributed by atoms with van der Waals surface area (Å²) in [5, 5.41) is 5.78. The third-order valence-corrected chi connectivity index (χ3v) is 6.69. The lowest BCUT2D eigenvalue weighted by Crippen LogP contribution is -2.43. The predicted molar refractivity (Wildman–Crippen MR) is 132 cm³/mol. The van der Waals surface area contributed by atoms with Crippen LogP contribution >= 0.6 is 11.3 Å². The fraction of sp³-hybridized carbons (Fsp3) is 0.360. The highest BCUT2D eigenvalue weighted by Crippen LogP contribution is 2.29. The van der Waals surface area contributed by atoms with Crippen LogP contribution in [0.4, 0.5) is 5.69 Å².